The summed E-state index contributed by atoms with van der Waals surface area (Å²) >= 11 is 6.19. The van der Waals surface area contributed by atoms with Gasteiger partial charge in [-0.2, -0.15) is 5.26 Å². The van der Waals surface area contributed by atoms with E-state index in [0.717, 1.165) is 36.4 Å². The third kappa shape index (κ3) is 3.13. The molecule has 3 aromatic rings. The zero-order chi connectivity index (χ0) is 16.2. The molecule has 2 heterocycles. The van der Waals surface area contributed by atoms with Crippen molar-refractivity contribution in [3.63, 3.8) is 0 Å². The largest absolute Gasteiger partial charge is 0.383 e. The summed E-state index contributed by atoms with van der Waals surface area (Å²) in [5.74, 6) is 1.00. The van der Waals surface area contributed by atoms with Crippen molar-refractivity contribution in [2.45, 2.75) is 19.9 Å². The number of nitriles is 1. The molecule has 0 aliphatic carbocycles. The number of imidazole rings is 1. The first-order chi connectivity index (χ1) is 11.2. The summed E-state index contributed by atoms with van der Waals surface area (Å²) in [6, 6.07) is 7.78. The van der Waals surface area contributed by atoms with Gasteiger partial charge in [-0.25, -0.2) is 4.98 Å². The van der Waals surface area contributed by atoms with Crippen LogP contribution in [0.1, 0.15) is 17.8 Å². The van der Waals surface area contributed by atoms with Crippen molar-refractivity contribution in [1.29, 1.82) is 5.26 Å². The predicted octanol–water partition coefficient (Wildman–Crippen LogP) is 3.77. The van der Waals surface area contributed by atoms with Gasteiger partial charge in [0.25, 0.3) is 0 Å². The second-order valence-electron chi connectivity index (χ2n) is 5.24. The van der Waals surface area contributed by atoms with Crippen LogP contribution in [0.25, 0.3) is 10.9 Å². The molecular formula is C17H16ClN5. The molecule has 0 amide bonds. The van der Waals surface area contributed by atoms with Crippen molar-refractivity contribution in [2.24, 2.45) is 0 Å². The summed E-state index contributed by atoms with van der Waals surface area (Å²) in [4.78, 5) is 8.49. The van der Waals surface area contributed by atoms with Gasteiger partial charge in [0.1, 0.15) is 11.9 Å². The molecule has 0 unspecified atom stereocenters. The number of nitrogens with zero attached hydrogens (tertiary/aromatic N) is 4. The van der Waals surface area contributed by atoms with E-state index in [1.807, 2.05) is 25.3 Å². The number of halogens is 1. The minimum Gasteiger partial charge on any atom is -0.383 e. The van der Waals surface area contributed by atoms with E-state index in [1.54, 1.807) is 18.5 Å². The molecule has 5 nitrogen and oxygen atoms in total. The van der Waals surface area contributed by atoms with Gasteiger partial charge in [0.15, 0.2) is 0 Å². The molecule has 6 heteroatoms. The van der Waals surface area contributed by atoms with E-state index in [4.69, 9.17) is 11.6 Å². The van der Waals surface area contributed by atoms with E-state index in [2.05, 4.69) is 25.9 Å². The molecule has 2 aromatic heterocycles. The van der Waals surface area contributed by atoms with Gasteiger partial charge < -0.3 is 9.88 Å². The van der Waals surface area contributed by atoms with Gasteiger partial charge in [-0.3, -0.25) is 4.98 Å². The summed E-state index contributed by atoms with van der Waals surface area (Å²) in [6.07, 6.45) is 6.26. The second-order valence-corrected chi connectivity index (χ2v) is 5.65. The zero-order valence-corrected chi connectivity index (χ0v) is 13.5. The highest BCUT2D eigenvalue weighted by molar-refractivity contribution is 6.35. The van der Waals surface area contributed by atoms with E-state index in [0.29, 0.717) is 16.1 Å². The fraction of sp³-hybridized carbons (Fsp3) is 0.235. The van der Waals surface area contributed by atoms with Gasteiger partial charge in [-0.05, 0) is 19.4 Å². The first-order valence-electron chi connectivity index (χ1n) is 7.39. The Balaban J connectivity index is 1.78. The quantitative estimate of drug-likeness (QED) is 0.725. The smallest absolute Gasteiger partial charge is 0.105 e. The van der Waals surface area contributed by atoms with Crippen LogP contribution < -0.4 is 5.32 Å². The number of hydrogen-bond acceptors (Lipinski definition) is 4. The van der Waals surface area contributed by atoms with E-state index >= 15 is 0 Å². The first-order valence-corrected chi connectivity index (χ1v) is 7.77. The molecule has 23 heavy (non-hydrogen) atoms. The number of aromatic nitrogens is 3. The maximum Gasteiger partial charge on any atom is 0.105 e. The summed E-state index contributed by atoms with van der Waals surface area (Å²) in [6.45, 7) is 3.61. The number of hydrogen-bond donors (Lipinski definition) is 1. The number of pyridine rings is 1. The SMILES string of the molecule is Cc1nccn1CCCNc1c(C#N)cnc2c(Cl)cccc12. The van der Waals surface area contributed by atoms with Gasteiger partial charge in [0.2, 0.25) is 0 Å². The molecule has 0 aliphatic rings. The van der Waals surface area contributed by atoms with E-state index < -0.39 is 0 Å². The Labute approximate surface area is 139 Å². The Morgan fingerprint density at radius 1 is 1.35 bits per heavy atom. The van der Waals surface area contributed by atoms with E-state index in [1.165, 1.54) is 0 Å². The molecule has 3 rings (SSSR count). The van der Waals surface area contributed by atoms with Crippen LogP contribution in [-0.4, -0.2) is 21.1 Å². The minimum atomic E-state index is 0.526. The van der Waals surface area contributed by atoms with Crippen LogP contribution in [0.2, 0.25) is 5.02 Å². The van der Waals surface area contributed by atoms with Crippen LogP contribution in [0.5, 0.6) is 0 Å². The Kier molecular flexibility index (Phi) is 4.45. The molecule has 0 radical (unpaired) electrons. The maximum atomic E-state index is 9.31. The molecule has 116 valence electrons. The third-order valence-electron chi connectivity index (χ3n) is 3.77. The Bertz CT molecular complexity index is 878. The number of aryl methyl sites for hydroxylation is 2. The summed E-state index contributed by atoms with van der Waals surface area (Å²) in [5.41, 5.74) is 2.03. The monoisotopic (exact) mass is 325 g/mol. The van der Waals surface area contributed by atoms with Crippen molar-refractivity contribution in [2.75, 3.05) is 11.9 Å². The maximum absolute atomic E-state index is 9.31. The van der Waals surface area contributed by atoms with Crippen LogP contribution >= 0.6 is 11.6 Å². The fourth-order valence-corrected chi connectivity index (χ4v) is 2.79. The van der Waals surface area contributed by atoms with Crippen molar-refractivity contribution >= 4 is 28.2 Å². The van der Waals surface area contributed by atoms with Crippen LogP contribution in [0.4, 0.5) is 5.69 Å². The number of rotatable bonds is 5. The Morgan fingerprint density at radius 2 is 2.22 bits per heavy atom. The van der Waals surface area contributed by atoms with E-state index in [9.17, 15) is 5.26 Å². The highest BCUT2D eigenvalue weighted by Crippen LogP contribution is 2.29. The lowest BCUT2D eigenvalue weighted by Gasteiger charge is -2.12. The van der Waals surface area contributed by atoms with Gasteiger partial charge in [-0.1, -0.05) is 23.7 Å². The number of anilines is 1. The lowest BCUT2D eigenvalue weighted by Crippen LogP contribution is -2.09. The predicted molar refractivity (Wildman–Crippen MR) is 91.5 cm³/mol. The first kappa shape index (κ1) is 15.3. The molecule has 0 spiro atoms. The number of para-hydroxylation sites is 1. The minimum absolute atomic E-state index is 0.526. The molecule has 0 bridgehead atoms. The Morgan fingerprint density at radius 3 is 2.96 bits per heavy atom. The lowest BCUT2D eigenvalue weighted by molar-refractivity contribution is 0.642. The number of benzene rings is 1. The van der Waals surface area contributed by atoms with Gasteiger partial charge in [0, 0.05) is 37.1 Å². The fourth-order valence-electron chi connectivity index (χ4n) is 2.57. The zero-order valence-electron chi connectivity index (χ0n) is 12.8. The highest BCUT2D eigenvalue weighted by atomic mass is 35.5. The van der Waals surface area contributed by atoms with Crippen molar-refractivity contribution < 1.29 is 0 Å². The van der Waals surface area contributed by atoms with E-state index in [-0.39, 0.29) is 0 Å². The topological polar surface area (TPSA) is 66.5 Å². The Hall–Kier alpha value is -2.58. The van der Waals surface area contributed by atoms with Crippen molar-refractivity contribution in [3.8, 4) is 6.07 Å². The lowest BCUT2D eigenvalue weighted by atomic mass is 10.1. The van der Waals surface area contributed by atoms with Gasteiger partial charge in [0.05, 0.1) is 21.8 Å². The molecule has 0 aliphatic heterocycles. The molecule has 1 aromatic carbocycles. The number of nitrogens with one attached hydrogen (secondary N) is 1. The summed E-state index contributed by atoms with van der Waals surface area (Å²) in [5, 5.41) is 14.1. The van der Waals surface area contributed by atoms with Crippen LogP contribution in [-0.2, 0) is 6.54 Å². The number of fused-ring (bicyclic) bond motifs is 1. The van der Waals surface area contributed by atoms with Crippen LogP contribution in [0, 0.1) is 18.3 Å². The average Bonchev–Trinajstić information content (AvgIpc) is 2.97. The van der Waals surface area contributed by atoms with Gasteiger partial charge >= 0.3 is 0 Å². The highest BCUT2D eigenvalue weighted by Gasteiger charge is 2.10. The molecule has 0 saturated heterocycles. The van der Waals surface area contributed by atoms with Crippen molar-refractivity contribution in [1.82, 2.24) is 14.5 Å². The normalized spacial score (nSPS) is 10.7. The molecule has 0 saturated carbocycles. The summed E-state index contributed by atoms with van der Waals surface area (Å²) < 4.78 is 2.11. The van der Waals surface area contributed by atoms with Gasteiger partial charge in [-0.15, -0.1) is 0 Å². The molecule has 0 fully saturated rings. The third-order valence-corrected chi connectivity index (χ3v) is 4.07. The summed E-state index contributed by atoms with van der Waals surface area (Å²) in [7, 11) is 0. The molecule has 1 N–H and O–H groups in total. The van der Waals surface area contributed by atoms with Crippen LogP contribution in [0.3, 0.4) is 0 Å². The molecule has 0 atom stereocenters. The van der Waals surface area contributed by atoms with Crippen LogP contribution in [0.15, 0.2) is 36.8 Å². The van der Waals surface area contributed by atoms with Crippen molar-refractivity contribution in [3.05, 3.63) is 53.2 Å². The second kappa shape index (κ2) is 6.67. The standard InChI is InChI=1S/C17H16ClN5/c1-12-20-7-9-23(12)8-3-6-21-16-13(10-19)11-22-17-14(16)4-2-5-15(17)18/h2,4-5,7,9,11H,3,6,8H2,1H3,(H,21,22). The molecular weight excluding hydrogens is 310 g/mol. The average molecular weight is 326 g/mol.